The van der Waals surface area contributed by atoms with Crippen molar-refractivity contribution in [3.63, 3.8) is 0 Å². The standard InChI is InChI=1S/C28H34O9/c1-4-32-25(31)15-23-26(34-16-21-11-7-5-8-12-21)28(36-20(3)30)27(24(37-23)18-33-19(2)29)35-17-22-13-9-6-10-14-22/h5-14,23-24,26-28H,4,15-18H2,1-3H3/t23-,24+,26-,27+,28+/m0/s1. The van der Waals surface area contributed by atoms with Crippen LogP contribution < -0.4 is 0 Å². The van der Waals surface area contributed by atoms with Crippen LogP contribution in [0.25, 0.3) is 0 Å². The molecule has 9 nitrogen and oxygen atoms in total. The van der Waals surface area contributed by atoms with Gasteiger partial charge in [0.15, 0.2) is 6.10 Å². The van der Waals surface area contributed by atoms with Gasteiger partial charge in [-0.2, -0.15) is 0 Å². The normalized spacial score (nSPS) is 23.2. The highest BCUT2D eigenvalue weighted by Crippen LogP contribution is 2.32. The Morgan fingerprint density at radius 1 is 0.730 bits per heavy atom. The molecule has 9 heteroatoms. The van der Waals surface area contributed by atoms with E-state index in [2.05, 4.69) is 0 Å². The molecule has 0 bridgehead atoms. The highest BCUT2D eigenvalue weighted by molar-refractivity contribution is 5.70. The summed E-state index contributed by atoms with van der Waals surface area (Å²) in [6.45, 7) is 4.71. The fourth-order valence-corrected chi connectivity index (χ4v) is 4.13. The average molecular weight is 515 g/mol. The number of carbonyl (C=O) groups excluding carboxylic acids is 3. The second kappa shape index (κ2) is 14.5. The van der Waals surface area contributed by atoms with Gasteiger partial charge < -0.3 is 28.4 Å². The van der Waals surface area contributed by atoms with Crippen LogP contribution in [0.5, 0.6) is 0 Å². The van der Waals surface area contributed by atoms with Crippen LogP contribution in [0, 0.1) is 0 Å². The zero-order chi connectivity index (χ0) is 26.6. The van der Waals surface area contributed by atoms with Crippen LogP contribution in [0.4, 0.5) is 0 Å². The van der Waals surface area contributed by atoms with Gasteiger partial charge >= 0.3 is 17.9 Å². The monoisotopic (exact) mass is 514 g/mol. The molecule has 1 heterocycles. The number of rotatable bonds is 12. The van der Waals surface area contributed by atoms with Crippen molar-refractivity contribution in [2.24, 2.45) is 0 Å². The lowest BCUT2D eigenvalue weighted by atomic mass is 9.92. The molecule has 1 fully saturated rings. The molecule has 0 saturated carbocycles. The molecule has 0 aliphatic carbocycles. The van der Waals surface area contributed by atoms with Crippen LogP contribution in [0.3, 0.4) is 0 Å². The van der Waals surface area contributed by atoms with Gasteiger partial charge in [-0.3, -0.25) is 14.4 Å². The molecule has 0 N–H and O–H groups in total. The van der Waals surface area contributed by atoms with Gasteiger partial charge in [0.25, 0.3) is 0 Å². The fraction of sp³-hybridized carbons (Fsp3) is 0.464. The summed E-state index contributed by atoms with van der Waals surface area (Å²) in [5.41, 5.74) is 1.79. The molecule has 1 aliphatic rings. The molecule has 0 aromatic heterocycles. The van der Waals surface area contributed by atoms with Crippen LogP contribution in [0.1, 0.15) is 38.3 Å². The highest BCUT2D eigenvalue weighted by Gasteiger charge is 2.50. The summed E-state index contributed by atoms with van der Waals surface area (Å²) in [6.07, 6.45) is -4.46. The van der Waals surface area contributed by atoms with Crippen molar-refractivity contribution in [2.45, 2.75) is 70.9 Å². The molecule has 37 heavy (non-hydrogen) atoms. The first-order chi connectivity index (χ1) is 17.9. The van der Waals surface area contributed by atoms with E-state index in [1.807, 2.05) is 60.7 Å². The van der Waals surface area contributed by atoms with E-state index in [0.717, 1.165) is 11.1 Å². The fourth-order valence-electron chi connectivity index (χ4n) is 4.13. The van der Waals surface area contributed by atoms with Crippen LogP contribution in [0.15, 0.2) is 60.7 Å². The Morgan fingerprint density at radius 2 is 1.27 bits per heavy atom. The van der Waals surface area contributed by atoms with Crippen molar-refractivity contribution in [1.29, 1.82) is 0 Å². The van der Waals surface area contributed by atoms with Crippen molar-refractivity contribution in [2.75, 3.05) is 13.2 Å². The number of carbonyl (C=O) groups is 3. The summed E-state index contributed by atoms with van der Waals surface area (Å²) in [5, 5.41) is 0. The number of hydrogen-bond acceptors (Lipinski definition) is 9. The van der Waals surface area contributed by atoms with Gasteiger partial charge in [-0.05, 0) is 18.1 Å². The second-order valence-electron chi connectivity index (χ2n) is 8.62. The summed E-state index contributed by atoms with van der Waals surface area (Å²) in [5.74, 6) is -1.54. The maximum absolute atomic E-state index is 12.4. The smallest absolute Gasteiger partial charge is 0.308 e. The maximum atomic E-state index is 12.4. The minimum Gasteiger partial charge on any atom is -0.466 e. The van der Waals surface area contributed by atoms with Gasteiger partial charge in [0.2, 0.25) is 0 Å². The van der Waals surface area contributed by atoms with Crippen LogP contribution >= 0.6 is 0 Å². The predicted molar refractivity (Wildman–Crippen MR) is 132 cm³/mol. The van der Waals surface area contributed by atoms with Gasteiger partial charge in [-0.25, -0.2) is 0 Å². The number of benzene rings is 2. The van der Waals surface area contributed by atoms with E-state index in [9.17, 15) is 14.4 Å². The number of esters is 3. The van der Waals surface area contributed by atoms with E-state index >= 15 is 0 Å². The number of ether oxygens (including phenoxy) is 6. The molecule has 0 spiro atoms. The van der Waals surface area contributed by atoms with Gasteiger partial charge in [0.1, 0.15) is 24.9 Å². The third kappa shape index (κ3) is 8.96. The quantitative estimate of drug-likeness (QED) is 0.311. The zero-order valence-corrected chi connectivity index (χ0v) is 21.4. The van der Waals surface area contributed by atoms with E-state index in [0.29, 0.717) is 0 Å². The third-order valence-electron chi connectivity index (χ3n) is 5.73. The molecule has 1 aliphatic heterocycles. The Labute approximate surface area is 216 Å². The maximum Gasteiger partial charge on any atom is 0.308 e. The number of hydrogen-bond donors (Lipinski definition) is 0. The van der Waals surface area contributed by atoms with Gasteiger partial charge in [0, 0.05) is 13.8 Å². The van der Waals surface area contributed by atoms with Gasteiger partial charge in [-0.1, -0.05) is 60.7 Å². The van der Waals surface area contributed by atoms with Crippen LogP contribution in [-0.4, -0.2) is 61.6 Å². The molecule has 0 amide bonds. The lowest BCUT2D eigenvalue weighted by Gasteiger charge is -2.45. The van der Waals surface area contributed by atoms with Crippen LogP contribution in [0.2, 0.25) is 0 Å². The van der Waals surface area contributed by atoms with Crippen molar-refractivity contribution < 1.29 is 42.8 Å². The first kappa shape index (κ1) is 28.3. The molecule has 3 rings (SSSR count). The Hall–Kier alpha value is -3.27. The summed E-state index contributed by atoms with van der Waals surface area (Å²) < 4.78 is 34.8. The van der Waals surface area contributed by atoms with Crippen molar-refractivity contribution in [1.82, 2.24) is 0 Å². The largest absolute Gasteiger partial charge is 0.466 e. The predicted octanol–water partition coefficient (Wildman–Crippen LogP) is 3.37. The SMILES string of the molecule is CCOC(=O)C[C@@H]1O[C@H](COC(C)=O)[C@@H](OCc2ccccc2)[C@H](OC(C)=O)[C@H]1OCc1ccccc1. The Bertz CT molecular complexity index is 995. The second-order valence-corrected chi connectivity index (χ2v) is 8.62. The third-order valence-corrected chi connectivity index (χ3v) is 5.73. The molecule has 0 unspecified atom stereocenters. The molecule has 5 atom stereocenters. The summed E-state index contributed by atoms with van der Waals surface area (Å²) in [7, 11) is 0. The molecular formula is C28H34O9. The van der Waals surface area contributed by atoms with Crippen molar-refractivity contribution in [3.05, 3.63) is 71.8 Å². The van der Waals surface area contributed by atoms with E-state index in [1.54, 1.807) is 6.92 Å². The molecule has 0 radical (unpaired) electrons. The van der Waals surface area contributed by atoms with Crippen molar-refractivity contribution in [3.8, 4) is 0 Å². The molecule has 200 valence electrons. The first-order valence-electron chi connectivity index (χ1n) is 12.3. The minimum absolute atomic E-state index is 0.146. The topological polar surface area (TPSA) is 107 Å². The molecule has 1 saturated heterocycles. The van der Waals surface area contributed by atoms with Crippen LogP contribution in [-0.2, 0) is 56.0 Å². The van der Waals surface area contributed by atoms with Gasteiger partial charge in [0.05, 0.1) is 32.3 Å². The van der Waals surface area contributed by atoms with E-state index in [1.165, 1.54) is 13.8 Å². The lowest BCUT2D eigenvalue weighted by Crippen LogP contribution is -2.62. The highest BCUT2D eigenvalue weighted by atomic mass is 16.6. The minimum atomic E-state index is -0.946. The summed E-state index contributed by atoms with van der Waals surface area (Å²) in [6, 6.07) is 18.9. The Balaban J connectivity index is 1.92. The zero-order valence-electron chi connectivity index (χ0n) is 21.4. The van der Waals surface area contributed by atoms with E-state index in [-0.39, 0.29) is 32.8 Å². The summed E-state index contributed by atoms with van der Waals surface area (Å²) in [4.78, 5) is 36.2. The first-order valence-corrected chi connectivity index (χ1v) is 12.3. The van der Waals surface area contributed by atoms with Gasteiger partial charge in [-0.15, -0.1) is 0 Å². The van der Waals surface area contributed by atoms with E-state index in [4.69, 9.17) is 28.4 Å². The lowest BCUT2D eigenvalue weighted by molar-refractivity contribution is -0.265. The molecule has 2 aromatic rings. The average Bonchev–Trinajstić information content (AvgIpc) is 2.87. The Morgan fingerprint density at radius 3 is 1.76 bits per heavy atom. The molecule has 2 aromatic carbocycles. The summed E-state index contributed by atoms with van der Waals surface area (Å²) >= 11 is 0. The van der Waals surface area contributed by atoms with E-state index < -0.39 is 48.4 Å². The Kier molecular flexibility index (Phi) is 11.1. The van der Waals surface area contributed by atoms with Crippen molar-refractivity contribution >= 4 is 17.9 Å². The molecular weight excluding hydrogens is 480 g/mol.